The third kappa shape index (κ3) is 4.95. The van der Waals surface area contributed by atoms with Crippen LogP contribution in [0.1, 0.15) is 59.1 Å². The number of rotatable bonds is 6. The number of fused-ring (bicyclic) bond motifs is 1. The average molecular weight is 560 g/mol. The van der Waals surface area contributed by atoms with Crippen molar-refractivity contribution < 1.29 is 9.59 Å². The number of nitrogens with one attached hydrogen (secondary N) is 1. The normalized spacial score (nSPS) is 22.3. The minimum absolute atomic E-state index is 0.0227. The Balaban J connectivity index is 1.32. The second-order valence-corrected chi connectivity index (χ2v) is 11.1. The van der Waals surface area contributed by atoms with Crippen LogP contribution in [0.5, 0.6) is 0 Å². The van der Waals surface area contributed by atoms with Gasteiger partial charge in [0.25, 0.3) is 5.91 Å². The summed E-state index contributed by atoms with van der Waals surface area (Å²) in [7, 11) is 1.91. The number of carbonyl (C=O) groups is 2. The van der Waals surface area contributed by atoms with Gasteiger partial charge in [0.05, 0.1) is 11.1 Å². The number of likely N-dealkylation sites (N-methyl/N-ethyl adjacent to an activating group) is 1. The van der Waals surface area contributed by atoms with Crippen LogP contribution in [0.25, 0.3) is 0 Å². The Morgan fingerprint density at radius 1 is 1.11 bits per heavy atom. The highest BCUT2D eigenvalue weighted by molar-refractivity contribution is 9.10. The minimum Gasteiger partial charge on any atom is -0.338 e. The summed E-state index contributed by atoms with van der Waals surface area (Å²) in [5.74, 6) is 0.211. The monoisotopic (exact) mass is 558 g/mol. The van der Waals surface area contributed by atoms with Gasteiger partial charge in [-0.3, -0.25) is 4.79 Å². The van der Waals surface area contributed by atoms with Crippen molar-refractivity contribution in [3.05, 3.63) is 68.7 Å². The van der Waals surface area contributed by atoms with Crippen molar-refractivity contribution in [3.8, 4) is 0 Å². The van der Waals surface area contributed by atoms with E-state index in [9.17, 15) is 9.59 Å². The average Bonchev–Trinajstić information content (AvgIpc) is 3.12. The predicted molar refractivity (Wildman–Crippen MR) is 142 cm³/mol. The Hall–Kier alpha value is -2.09. The summed E-state index contributed by atoms with van der Waals surface area (Å²) in [5.41, 5.74) is 3.05. The standard InChI is InChI=1S/C27H32BrClN4O2/c1-31-25(21-5-2-3-6-22(21)26(31)34)20(18-7-8-23(28)24(29)17-18)11-16-32-14-9-19(10-15-32)33-13-4-12-30-27(33)35/h2-3,5-8,17,19-20,25H,4,9-16H2,1H3,(H,30,35). The van der Waals surface area contributed by atoms with Gasteiger partial charge < -0.3 is 20.0 Å². The van der Waals surface area contributed by atoms with Gasteiger partial charge in [0.1, 0.15) is 0 Å². The van der Waals surface area contributed by atoms with E-state index in [0.717, 1.165) is 79.6 Å². The van der Waals surface area contributed by atoms with Crippen molar-refractivity contribution in [2.24, 2.45) is 0 Å². The summed E-state index contributed by atoms with van der Waals surface area (Å²) in [4.78, 5) is 31.7. The molecule has 3 amide bonds. The molecule has 1 N–H and O–H groups in total. The Bertz CT molecular complexity index is 1100. The Morgan fingerprint density at radius 2 is 1.89 bits per heavy atom. The van der Waals surface area contributed by atoms with E-state index in [1.165, 1.54) is 0 Å². The molecule has 3 heterocycles. The fourth-order valence-corrected chi connectivity index (χ4v) is 6.42. The fraction of sp³-hybridized carbons (Fsp3) is 0.481. The minimum atomic E-state index is -0.0227. The molecule has 0 spiro atoms. The number of hydrogen-bond acceptors (Lipinski definition) is 3. The van der Waals surface area contributed by atoms with Crippen molar-refractivity contribution in [2.75, 3.05) is 39.8 Å². The second kappa shape index (κ2) is 10.5. The molecule has 186 valence electrons. The van der Waals surface area contributed by atoms with E-state index in [4.69, 9.17) is 11.6 Å². The maximum Gasteiger partial charge on any atom is 0.317 e. The summed E-state index contributed by atoms with van der Waals surface area (Å²) < 4.78 is 0.877. The third-order valence-corrected chi connectivity index (χ3v) is 9.10. The van der Waals surface area contributed by atoms with Gasteiger partial charge in [0.2, 0.25) is 0 Å². The van der Waals surface area contributed by atoms with E-state index in [1.807, 2.05) is 47.2 Å². The van der Waals surface area contributed by atoms with Crippen molar-refractivity contribution >= 4 is 39.5 Å². The first-order valence-electron chi connectivity index (χ1n) is 12.5. The number of piperidine rings is 1. The summed E-state index contributed by atoms with van der Waals surface area (Å²) in [6.07, 6.45) is 3.96. The SMILES string of the molecule is CN1C(=O)c2ccccc2C1C(CCN1CCC(N2CCCNC2=O)CC1)c1ccc(Br)c(Cl)c1. The predicted octanol–water partition coefficient (Wildman–Crippen LogP) is 5.28. The molecule has 8 heteroatoms. The Morgan fingerprint density at radius 3 is 2.63 bits per heavy atom. The van der Waals surface area contributed by atoms with Gasteiger partial charge in [-0.05, 0) is 77.5 Å². The van der Waals surface area contributed by atoms with Gasteiger partial charge in [-0.1, -0.05) is 35.9 Å². The first kappa shape index (κ1) is 24.6. The molecule has 6 nitrogen and oxygen atoms in total. The zero-order valence-electron chi connectivity index (χ0n) is 20.1. The van der Waals surface area contributed by atoms with E-state index in [2.05, 4.69) is 38.3 Å². The molecule has 5 rings (SSSR count). The maximum absolute atomic E-state index is 13.0. The van der Waals surface area contributed by atoms with Gasteiger partial charge in [0, 0.05) is 55.2 Å². The maximum atomic E-state index is 13.0. The Kier molecular flexibility index (Phi) is 7.37. The third-order valence-electron chi connectivity index (χ3n) is 7.87. The lowest BCUT2D eigenvalue weighted by atomic mass is 9.84. The van der Waals surface area contributed by atoms with Gasteiger partial charge in [-0.15, -0.1) is 0 Å². The number of amides is 3. The van der Waals surface area contributed by atoms with E-state index in [-0.39, 0.29) is 23.9 Å². The highest BCUT2D eigenvalue weighted by Crippen LogP contribution is 2.45. The smallest absolute Gasteiger partial charge is 0.317 e. The second-order valence-electron chi connectivity index (χ2n) is 9.87. The highest BCUT2D eigenvalue weighted by Gasteiger charge is 2.40. The van der Waals surface area contributed by atoms with Gasteiger partial charge >= 0.3 is 6.03 Å². The van der Waals surface area contributed by atoms with Crippen LogP contribution in [0.4, 0.5) is 4.79 Å². The largest absolute Gasteiger partial charge is 0.338 e. The molecule has 35 heavy (non-hydrogen) atoms. The first-order valence-corrected chi connectivity index (χ1v) is 13.7. The van der Waals surface area contributed by atoms with Crippen LogP contribution in [0, 0.1) is 0 Å². The molecule has 0 aromatic heterocycles. The van der Waals surface area contributed by atoms with Crippen LogP contribution in [0.3, 0.4) is 0 Å². The lowest BCUT2D eigenvalue weighted by molar-refractivity contribution is 0.0740. The van der Waals surface area contributed by atoms with Crippen molar-refractivity contribution in [1.82, 2.24) is 20.0 Å². The molecule has 2 aromatic carbocycles. The number of likely N-dealkylation sites (tertiary alicyclic amines) is 1. The molecular formula is C27H32BrClN4O2. The molecule has 0 aliphatic carbocycles. The van der Waals surface area contributed by atoms with E-state index >= 15 is 0 Å². The molecule has 0 radical (unpaired) electrons. The molecule has 2 unspecified atom stereocenters. The van der Waals surface area contributed by atoms with Crippen LogP contribution in [-0.4, -0.2) is 72.5 Å². The highest BCUT2D eigenvalue weighted by atomic mass is 79.9. The van der Waals surface area contributed by atoms with Crippen LogP contribution in [-0.2, 0) is 0 Å². The molecule has 0 bridgehead atoms. The summed E-state index contributed by atoms with van der Waals surface area (Å²) >= 11 is 10.0. The van der Waals surface area contributed by atoms with Gasteiger partial charge in [0.15, 0.2) is 0 Å². The lowest BCUT2D eigenvalue weighted by Gasteiger charge is -2.40. The summed E-state index contributed by atoms with van der Waals surface area (Å²) in [6, 6.07) is 14.5. The summed E-state index contributed by atoms with van der Waals surface area (Å²) in [5, 5.41) is 3.67. The molecule has 3 aliphatic heterocycles. The number of urea groups is 1. The first-order chi connectivity index (χ1) is 16.9. The van der Waals surface area contributed by atoms with Crippen LogP contribution >= 0.6 is 27.5 Å². The molecule has 2 atom stereocenters. The number of carbonyl (C=O) groups excluding carboxylic acids is 2. The van der Waals surface area contributed by atoms with Crippen molar-refractivity contribution in [2.45, 2.75) is 43.7 Å². The fourth-order valence-electron chi connectivity index (χ4n) is 5.98. The van der Waals surface area contributed by atoms with Gasteiger partial charge in [-0.2, -0.15) is 0 Å². The Labute approximate surface area is 220 Å². The van der Waals surface area contributed by atoms with Crippen molar-refractivity contribution in [3.63, 3.8) is 0 Å². The van der Waals surface area contributed by atoms with Crippen LogP contribution < -0.4 is 5.32 Å². The van der Waals surface area contributed by atoms with E-state index in [0.29, 0.717) is 11.1 Å². The zero-order valence-corrected chi connectivity index (χ0v) is 22.4. The van der Waals surface area contributed by atoms with Gasteiger partial charge in [-0.25, -0.2) is 4.79 Å². The van der Waals surface area contributed by atoms with E-state index in [1.54, 1.807) is 0 Å². The number of nitrogens with zero attached hydrogens (tertiary/aromatic N) is 3. The molecule has 2 aromatic rings. The molecular weight excluding hydrogens is 528 g/mol. The molecule has 2 saturated heterocycles. The zero-order chi connectivity index (χ0) is 24.5. The number of hydrogen-bond donors (Lipinski definition) is 1. The molecule has 3 aliphatic rings. The van der Waals surface area contributed by atoms with Crippen LogP contribution in [0.2, 0.25) is 5.02 Å². The van der Waals surface area contributed by atoms with E-state index < -0.39 is 0 Å². The summed E-state index contributed by atoms with van der Waals surface area (Å²) in [6.45, 7) is 4.57. The van der Waals surface area contributed by atoms with Crippen molar-refractivity contribution in [1.29, 1.82) is 0 Å². The van der Waals surface area contributed by atoms with Crippen LogP contribution in [0.15, 0.2) is 46.9 Å². The molecule has 0 saturated carbocycles. The topological polar surface area (TPSA) is 55.9 Å². The number of halogens is 2. The lowest BCUT2D eigenvalue weighted by Crippen LogP contribution is -2.54. The number of benzene rings is 2. The molecule has 2 fully saturated rings. The quantitative estimate of drug-likeness (QED) is 0.524.